The van der Waals surface area contributed by atoms with Crippen molar-refractivity contribution in [3.8, 4) is 0 Å². The Morgan fingerprint density at radius 2 is 1.43 bits per heavy atom. The van der Waals surface area contributed by atoms with E-state index in [9.17, 15) is 5.11 Å². The smallest absolute Gasteiger partial charge is 0.0938 e. The van der Waals surface area contributed by atoms with E-state index in [0.29, 0.717) is 46.1 Å². The van der Waals surface area contributed by atoms with Gasteiger partial charge in [0.15, 0.2) is 0 Å². The van der Waals surface area contributed by atoms with Crippen LogP contribution >= 0.6 is 0 Å². The van der Waals surface area contributed by atoms with E-state index in [1.54, 1.807) is 6.08 Å². The Balaban J connectivity index is 4.22. The maximum absolute atomic E-state index is 11.2. The maximum atomic E-state index is 11.2. The molecule has 1 unspecified atom stereocenters. The Bertz CT molecular complexity index is 327. The van der Waals surface area contributed by atoms with Crippen molar-refractivity contribution in [2.45, 2.75) is 50.5 Å². The molecule has 0 bridgehead atoms. The van der Waals surface area contributed by atoms with Gasteiger partial charge in [-0.15, -0.1) is 6.58 Å². The minimum atomic E-state index is -2.00. The lowest BCUT2D eigenvalue weighted by atomic mass is 10.2. The van der Waals surface area contributed by atoms with Gasteiger partial charge in [-0.05, 0) is 11.5 Å². The zero-order valence-corrected chi connectivity index (χ0v) is 16.6. The summed E-state index contributed by atoms with van der Waals surface area (Å²) in [6, 6.07) is 0. The molecule has 0 spiro atoms. The first-order valence-corrected chi connectivity index (χ1v) is 11.3. The summed E-state index contributed by atoms with van der Waals surface area (Å²) in [4.78, 5) is 0. The molecule has 0 aliphatic heterocycles. The topological polar surface area (TPSA) is 68.2 Å². The van der Waals surface area contributed by atoms with Crippen molar-refractivity contribution in [2.24, 2.45) is 0 Å². The second kappa shape index (κ2) is 10.6. The minimum Gasteiger partial charge on any atom is -0.394 e. The van der Waals surface area contributed by atoms with Gasteiger partial charge in [0.1, 0.15) is 0 Å². The summed E-state index contributed by atoms with van der Waals surface area (Å²) in [7, 11) is -2.00. The Labute approximate surface area is 142 Å². The van der Waals surface area contributed by atoms with E-state index in [0.717, 1.165) is 0 Å². The molecule has 2 N–H and O–H groups in total. The second-order valence-electron chi connectivity index (χ2n) is 7.40. The fourth-order valence-electron chi connectivity index (χ4n) is 2.18. The molecule has 6 heteroatoms. The molecule has 138 valence electrons. The molecule has 0 aromatic rings. The summed E-state index contributed by atoms with van der Waals surface area (Å²) in [5.74, 6) is 0. The van der Waals surface area contributed by atoms with Gasteiger partial charge < -0.3 is 24.4 Å². The van der Waals surface area contributed by atoms with Gasteiger partial charge in [-0.2, -0.15) is 0 Å². The van der Waals surface area contributed by atoms with Crippen molar-refractivity contribution in [3.63, 3.8) is 0 Å². The van der Waals surface area contributed by atoms with Crippen LogP contribution in [0.25, 0.3) is 0 Å². The van der Waals surface area contributed by atoms with Crippen molar-refractivity contribution >= 4 is 8.07 Å². The standard InChI is InChI=1S/C17H36O5Si/c1-7-8-17(19,23(5,6)16(2,3)4)15-22-14-13-21-12-11-20-10-9-18/h7,18-19H,1,8-15H2,2-6H3. The van der Waals surface area contributed by atoms with E-state index in [1.165, 1.54) is 0 Å². The summed E-state index contributed by atoms with van der Waals surface area (Å²) < 4.78 is 16.2. The molecule has 1 atom stereocenters. The van der Waals surface area contributed by atoms with Crippen LogP contribution in [0, 0.1) is 0 Å². The van der Waals surface area contributed by atoms with E-state index in [-0.39, 0.29) is 11.6 Å². The first-order valence-electron chi connectivity index (χ1n) is 8.30. The summed E-state index contributed by atoms with van der Waals surface area (Å²) in [5.41, 5.74) is 0. The van der Waals surface area contributed by atoms with Crippen molar-refractivity contribution in [3.05, 3.63) is 12.7 Å². The first kappa shape index (κ1) is 22.8. The summed E-state index contributed by atoms with van der Waals surface area (Å²) in [5, 5.41) is 19.0. The van der Waals surface area contributed by atoms with Gasteiger partial charge in [-0.1, -0.05) is 39.9 Å². The van der Waals surface area contributed by atoms with Gasteiger partial charge in [0.05, 0.1) is 59.5 Å². The zero-order chi connectivity index (χ0) is 18.0. The second-order valence-corrected chi connectivity index (χ2v) is 13.1. The highest BCUT2D eigenvalue weighted by atomic mass is 28.3. The van der Waals surface area contributed by atoms with Crippen LogP contribution in [0.2, 0.25) is 18.1 Å². The lowest BCUT2D eigenvalue weighted by Crippen LogP contribution is -2.62. The number of ether oxygens (including phenoxy) is 3. The number of hydrogen-bond acceptors (Lipinski definition) is 5. The van der Waals surface area contributed by atoms with Crippen LogP contribution < -0.4 is 0 Å². The molecule has 0 saturated carbocycles. The van der Waals surface area contributed by atoms with Gasteiger partial charge in [-0.3, -0.25) is 0 Å². The molecule has 0 aliphatic rings. The highest BCUT2D eigenvalue weighted by molar-refractivity contribution is 6.82. The lowest BCUT2D eigenvalue weighted by Gasteiger charge is -2.48. The van der Waals surface area contributed by atoms with E-state index >= 15 is 0 Å². The summed E-state index contributed by atoms with van der Waals surface area (Å²) >= 11 is 0. The molecule has 0 amide bonds. The minimum absolute atomic E-state index is 0.0262. The average Bonchev–Trinajstić information content (AvgIpc) is 2.44. The van der Waals surface area contributed by atoms with Gasteiger partial charge >= 0.3 is 0 Å². The molecule has 0 rings (SSSR count). The van der Waals surface area contributed by atoms with Crippen LogP contribution in [0.3, 0.4) is 0 Å². The largest absolute Gasteiger partial charge is 0.394 e. The van der Waals surface area contributed by atoms with Crippen molar-refractivity contribution in [1.29, 1.82) is 0 Å². The van der Waals surface area contributed by atoms with E-state index in [4.69, 9.17) is 19.3 Å². The van der Waals surface area contributed by atoms with E-state index < -0.39 is 13.3 Å². The highest BCUT2D eigenvalue weighted by Gasteiger charge is 2.51. The van der Waals surface area contributed by atoms with Crippen LogP contribution in [-0.2, 0) is 14.2 Å². The Morgan fingerprint density at radius 3 is 1.87 bits per heavy atom. The quantitative estimate of drug-likeness (QED) is 0.304. The first-order chi connectivity index (χ1) is 10.6. The maximum Gasteiger partial charge on any atom is 0.0938 e. The van der Waals surface area contributed by atoms with Crippen molar-refractivity contribution < 1.29 is 24.4 Å². The Hall–Kier alpha value is -0.243. The van der Waals surface area contributed by atoms with E-state index in [1.807, 2.05) is 0 Å². The predicted molar refractivity (Wildman–Crippen MR) is 96.5 cm³/mol. The van der Waals surface area contributed by atoms with Crippen molar-refractivity contribution in [1.82, 2.24) is 0 Å². The molecule has 0 fully saturated rings. The molecular weight excluding hydrogens is 312 g/mol. The van der Waals surface area contributed by atoms with Gasteiger partial charge in [-0.25, -0.2) is 0 Å². The third-order valence-corrected chi connectivity index (χ3v) is 11.3. The highest BCUT2D eigenvalue weighted by Crippen LogP contribution is 2.44. The third kappa shape index (κ3) is 7.45. The fourth-order valence-corrected chi connectivity index (χ4v) is 4.69. The molecule has 0 aliphatic carbocycles. The van der Waals surface area contributed by atoms with E-state index in [2.05, 4.69) is 40.4 Å². The summed E-state index contributed by atoms with van der Waals surface area (Å²) in [6.45, 7) is 17.2. The Morgan fingerprint density at radius 1 is 0.957 bits per heavy atom. The van der Waals surface area contributed by atoms with Crippen LogP contribution in [0.5, 0.6) is 0 Å². The molecule has 5 nitrogen and oxygen atoms in total. The van der Waals surface area contributed by atoms with Crippen LogP contribution in [0.4, 0.5) is 0 Å². The molecule has 0 saturated heterocycles. The molecule has 0 heterocycles. The number of aliphatic hydroxyl groups is 2. The van der Waals surface area contributed by atoms with Gasteiger partial charge in [0.2, 0.25) is 0 Å². The average molecular weight is 349 g/mol. The molecule has 0 radical (unpaired) electrons. The number of hydrogen-bond donors (Lipinski definition) is 2. The predicted octanol–water partition coefficient (Wildman–Crippen LogP) is 2.38. The van der Waals surface area contributed by atoms with Crippen molar-refractivity contribution in [2.75, 3.05) is 46.2 Å². The lowest BCUT2D eigenvalue weighted by molar-refractivity contribution is -0.0291. The Kier molecular flexibility index (Phi) is 10.5. The zero-order valence-electron chi connectivity index (χ0n) is 15.6. The molecule has 0 aromatic carbocycles. The molecular formula is C17H36O5Si. The fraction of sp³-hybridized carbons (Fsp3) is 0.882. The number of rotatable bonds is 13. The molecule has 23 heavy (non-hydrogen) atoms. The third-order valence-electron chi connectivity index (χ3n) is 4.84. The van der Waals surface area contributed by atoms with Gasteiger partial charge in [0.25, 0.3) is 0 Å². The normalized spacial score (nSPS) is 15.4. The van der Waals surface area contributed by atoms with Crippen LogP contribution in [0.1, 0.15) is 27.2 Å². The summed E-state index contributed by atoms with van der Waals surface area (Å²) in [6.07, 6.45) is 2.32. The monoisotopic (exact) mass is 348 g/mol. The SMILES string of the molecule is C=CCC(O)(COCCOCCOCCO)[Si](C)(C)C(C)(C)C. The number of aliphatic hydroxyl groups excluding tert-OH is 1. The van der Waals surface area contributed by atoms with Crippen LogP contribution in [-0.4, -0.2) is 69.8 Å². The van der Waals surface area contributed by atoms with Gasteiger partial charge in [0, 0.05) is 0 Å². The van der Waals surface area contributed by atoms with Crippen LogP contribution in [0.15, 0.2) is 12.7 Å². The molecule has 0 aromatic heterocycles.